The fourth-order valence-electron chi connectivity index (χ4n) is 1.16. The summed E-state index contributed by atoms with van der Waals surface area (Å²) in [6.45, 7) is 0. The summed E-state index contributed by atoms with van der Waals surface area (Å²) in [4.78, 5) is 0. The van der Waals surface area contributed by atoms with E-state index in [1.54, 1.807) is 0 Å². The van der Waals surface area contributed by atoms with Gasteiger partial charge in [-0.2, -0.15) is 26.3 Å². The van der Waals surface area contributed by atoms with E-state index >= 15 is 0 Å². The van der Waals surface area contributed by atoms with Crippen LogP contribution in [0.3, 0.4) is 0 Å². The molecule has 0 unspecified atom stereocenters. The smallest absolute Gasteiger partial charge is 0.201 e. The number of rotatable bonds is 1. The molecule has 7 heteroatoms. The molecule has 1 aromatic rings. The van der Waals surface area contributed by atoms with Gasteiger partial charge in [-0.25, -0.2) is 4.39 Å². The molecule has 0 heterocycles. The molecule has 94 valence electrons. The van der Waals surface area contributed by atoms with Gasteiger partial charge in [0.25, 0.3) is 0 Å². The normalized spacial score (nSPS) is 14.5. The Hall–Kier alpha value is -1.53. The summed E-state index contributed by atoms with van der Waals surface area (Å²) >= 11 is 0. The Balaban J connectivity index is 3.44. The third-order valence-electron chi connectivity index (χ3n) is 1.81. The van der Waals surface area contributed by atoms with E-state index in [0.717, 1.165) is 24.3 Å². The quantitative estimate of drug-likeness (QED) is 0.651. The van der Waals surface area contributed by atoms with Crippen molar-refractivity contribution in [2.45, 2.75) is 12.4 Å². The van der Waals surface area contributed by atoms with Crippen molar-refractivity contribution in [3.8, 4) is 0 Å². The summed E-state index contributed by atoms with van der Waals surface area (Å²) < 4.78 is 85.9. The van der Waals surface area contributed by atoms with Crippen molar-refractivity contribution >= 4 is 5.57 Å². The van der Waals surface area contributed by atoms with Crippen molar-refractivity contribution in [3.05, 3.63) is 41.7 Å². The summed E-state index contributed by atoms with van der Waals surface area (Å²) in [6.07, 6.45) is -11.1. The van der Waals surface area contributed by atoms with E-state index in [1.807, 2.05) is 0 Å². The molecule has 0 saturated carbocycles. The van der Waals surface area contributed by atoms with Crippen LogP contribution in [0.5, 0.6) is 0 Å². The lowest BCUT2D eigenvalue weighted by molar-refractivity contribution is -0.116. The van der Waals surface area contributed by atoms with Crippen LogP contribution in [0.15, 0.2) is 36.2 Å². The lowest BCUT2D eigenvalue weighted by Gasteiger charge is -2.15. The number of benzene rings is 1. The van der Waals surface area contributed by atoms with E-state index < -0.39 is 29.3 Å². The Kier molecular flexibility index (Phi) is 3.49. The highest BCUT2D eigenvalue weighted by Gasteiger charge is 2.47. The zero-order valence-corrected chi connectivity index (χ0v) is 8.03. The highest BCUT2D eigenvalue weighted by atomic mass is 19.4. The van der Waals surface area contributed by atoms with Crippen LogP contribution in [0.25, 0.3) is 5.57 Å². The van der Waals surface area contributed by atoms with Crippen molar-refractivity contribution < 1.29 is 30.7 Å². The number of hydrogen-bond donors (Lipinski definition) is 0. The molecule has 1 aromatic carbocycles. The summed E-state index contributed by atoms with van der Waals surface area (Å²) in [5.74, 6) is -3.14. The first-order valence-corrected chi connectivity index (χ1v) is 4.23. The lowest BCUT2D eigenvalue weighted by Crippen LogP contribution is -2.19. The molecule has 0 N–H and O–H groups in total. The highest BCUT2D eigenvalue weighted by molar-refractivity contribution is 5.72. The summed E-state index contributed by atoms with van der Waals surface area (Å²) in [6, 6.07) is 5.00. The van der Waals surface area contributed by atoms with E-state index in [4.69, 9.17) is 0 Å². The highest BCUT2D eigenvalue weighted by Crippen LogP contribution is 2.42. The fourth-order valence-corrected chi connectivity index (χ4v) is 1.16. The average molecular weight is 258 g/mol. The van der Waals surface area contributed by atoms with Gasteiger partial charge in [-0.3, -0.25) is 0 Å². The van der Waals surface area contributed by atoms with E-state index in [-0.39, 0.29) is 0 Å². The maximum atomic E-state index is 12.8. The molecule has 0 bridgehead atoms. The molecule has 1 rings (SSSR count). The van der Waals surface area contributed by atoms with Gasteiger partial charge in [0.15, 0.2) is 0 Å². The minimum Gasteiger partial charge on any atom is -0.201 e. The molecule has 0 saturated heterocycles. The van der Waals surface area contributed by atoms with Crippen LogP contribution in [-0.2, 0) is 0 Å². The van der Waals surface area contributed by atoms with E-state index in [2.05, 4.69) is 0 Å². The maximum absolute atomic E-state index is 12.8. The van der Waals surface area contributed by atoms with Gasteiger partial charge in [-0.05, 0) is 5.56 Å². The molecular formula is C10H5F7. The molecule has 0 radical (unpaired) electrons. The van der Waals surface area contributed by atoms with Crippen LogP contribution in [-0.4, -0.2) is 12.4 Å². The van der Waals surface area contributed by atoms with Gasteiger partial charge in [0, 0.05) is 0 Å². The minimum atomic E-state index is -5.67. The summed E-state index contributed by atoms with van der Waals surface area (Å²) in [7, 11) is 0. The van der Waals surface area contributed by atoms with Crippen LogP contribution in [0.1, 0.15) is 5.56 Å². The Bertz CT molecular complexity index is 411. The second-order valence-electron chi connectivity index (χ2n) is 3.05. The van der Waals surface area contributed by atoms with Crippen LogP contribution in [0.2, 0.25) is 0 Å². The molecule has 0 aromatic heterocycles. The van der Waals surface area contributed by atoms with Gasteiger partial charge in [-0.15, -0.1) is 0 Å². The van der Waals surface area contributed by atoms with Gasteiger partial charge >= 0.3 is 12.4 Å². The Morgan fingerprint density at radius 2 is 1.24 bits per heavy atom. The third kappa shape index (κ3) is 3.21. The monoisotopic (exact) mass is 258 g/mol. The molecule has 0 fully saturated rings. The lowest BCUT2D eigenvalue weighted by atomic mass is 10.0. The van der Waals surface area contributed by atoms with Gasteiger partial charge < -0.3 is 0 Å². The van der Waals surface area contributed by atoms with Crippen LogP contribution < -0.4 is 0 Å². The molecular weight excluding hydrogens is 253 g/mol. The van der Waals surface area contributed by atoms with E-state index in [0.29, 0.717) is 0 Å². The third-order valence-corrected chi connectivity index (χ3v) is 1.81. The van der Waals surface area contributed by atoms with Crippen molar-refractivity contribution in [2.75, 3.05) is 0 Å². The zero-order chi connectivity index (χ0) is 13.3. The van der Waals surface area contributed by atoms with Gasteiger partial charge in [-0.1, -0.05) is 30.3 Å². The standard InChI is InChI=1S/C10H5F7/c11-8(10(15,16)17)7(9(12,13)14)6-4-2-1-3-5-6/h1-5H. The fraction of sp³-hybridized carbons (Fsp3) is 0.200. The molecule has 0 aliphatic heterocycles. The van der Waals surface area contributed by atoms with Gasteiger partial charge in [0.05, 0.1) is 0 Å². The predicted molar refractivity (Wildman–Crippen MR) is 46.6 cm³/mol. The van der Waals surface area contributed by atoms with Crippen molar-refractivity contribution in [1.82, 2.24) is 0 Å². The molecule has 0 aliphatic rings. The Labute approximate surface area is 91.4 Å². The maximum Gasteiger partial charge on any atom is 0.443 e. The molecule has 0 amide bonds. The molecule has 0 aliphatic carbocycles. The Morgan fingerprint density at radius 3 is 1.59 bits per heavy atom. The van der Waals surface area contributed by atoms with Crippen LogP contribution in [0, 0.1) is 0 Å². The van der Waals surface area contributed by atoms with Crippen molar-refractivity contribution in [2.24, 2.45) is 0 Å². The predicted octanol–water partition coefficient (Wildman–Crippen LogP) is 4.49. The molecule has 17 heavy (non-hydrogen) atoms. The first-order valence-electron chi connectivity index (χ1n) is 4.23. The van der Waals surface area contributed by atoms with Gasteiger partial charge in [0.2, 0.25) is 5.83 Å². The first-order chi connectivity index (χ1) is 7.64. The Morgan fingerprint density at radius 1 is 0.765 bits per heavy atom. The SMILES string of the molecule is FC(=C(c1ccccc1)C(F)(F)F)C(F)(F)F. The minimum absolute atomic E-state index is 0.758. The zero-order valence-electron chi connectivity index (χ0n) is 8.03. The number of halogens is 7. The van der Waals surface area contributed by atoms with Crippen molar-refractivity contribution in [1.29, 1.82) is 0 Å². The van der Waals surface area contributed by atoms with E-state index in [1.165, 1.54) is 6.07 Å². The topological polar surface area (TPSA) is 0 Å². The van der Waals surface area contributed by atoms with Crippen LogP contribution in [0.4, 0.5) is 30.7 Å². The molecule has 0 nitrogen and oxygen atoms in total. The van der Waals surface area contributed by atoms with Crippen LogP contribution >= 0.6 is 0 Å². The largest absolute Gasteiger partial charge is 0.443 e. The average Bonchev–Trinajstić information content (AvgIpc) is 2.15. The summed E-state index contributed by atoms with van der Waals surface area (Å²) in [5.41, 5.74) is -3.18. The van der Waals surface area contributed by atoms with E-state index in [9.17, 15) is 30.7 Å². The second-order valence-corrected chi connectivity index (χ2v) is 3.05. The van der Waals surface area contributed by atoms with Crippen molar-refractivity contribution in [3.63, 3.8) is 0 Å². The molecule has 0 atom stereocenters. The number of allylic oxidation sites excluding steroid dienone is 2. The number of hydrogen-bond acceptors (Lipinski definition) is 0. The first kappa shape index (κ1) is 13.5. The molecule has 0 spiro atoms. The second kappa shape index (κ2) is 4.38. The van der Waals surface area contributed by atoms with Gasteiger partial charge in [0.1, 0.15) is 5.57 Å². The number of alkyl halides is 6. The summed E-state index contributed by atoms with van der Waals surface area (Å²) in [5, 5.41) is 0.